The number of amides is 1. The number of ketones is 1. The van der Waals surface area contributed by atoms with Gasteiger partial charge >= 0.3 is 5.97 Å². The number of benzene rings is 1. The maximum absolute atomic E-state index is 12.3. The van der Waals surface area contributed by atoms with Crippen LogP contribution in [0.5, 0.6) is 0 Å². The van der Waals surface area contributed by atoms with Crippen LogP contribution in [-0.2, 0) is 16.0 Å². The largest absolute Gasteiger partial charge is 0.481 e. The van der Waals surface area contributed by atoms with E-state index in [0.29, 0.717) is 11.3 Å². The highest BCUT2D eigenvalue weighted by atomic mass is 35.5. The van der Waals surface area contributed by atoms with E-state index in [1.165, 1.54) is 13.0 Å². The Hall–Kier alpha value is -1.88. The highest BCUT2D eigenvalue weighted by molar-refractivity contribution is 6.34. The predicted molar refractivity (Wildman–Crippen MR) is 74.1 cm³/mol. The van der Waals surface area contributed by atoms with Gasteiger partial charge in [0.1, 0.15) is 0 Å². The molecule has 1 aliphatic rings. The fraction of sp³-hybridized carbons (Fsp3) is 0.357. The fourth-order valence-electron chi connectivity index (χ4n) is 2.12. The molecule has 1 aromatic rings. The van der Waals surface area contributed by atoms with Gasteiger partial charge in [-0.05, 0) is 17.7 Å². The smallest absolute Gasteiger partial charge is 0.306 e. The van der Waals surface area contributed by atoms with Gasteiger partial charge in [0.15, 0.2) is 5.78 Å². The molecule has 0 saturated heterocycles. The van der Waals surface area contributed by atoms with Crippen LogP contribution < -0.4 is 5.32 Å². The molecular weight excluding hydrogens is 282 g/mol. The van der Waals surface area contributed by atoms with E-state index in [-0.39, 0.29) is 28.7 Å². The molecule has 1 aliphatic heterocycles. The molecule has 0 spiro atoms. The zero-order valence-corrected chi connectivity index (χ0v) is 11.8. The van der Waals surface area contributed by atoms with Crippen LogP contribution in [0.4, 0.5) is 5.69 Å². The van der Waals surface area contributed by atoms with Crippen LogP contribution in [0.3, 0.4) is 0 Å². The van der Waals surface area contributed by atoms with Gasteiger partial charge in [0.05, 0.1) is 17.4 Å². The topological polar surface area (TPSA) is 83.5 Å². The summed E-state index contributed by atoms with van der Waals surface area (Å²) < 4.78 is 0. The van der Waals surface area contributed by atoms with Crippen molar-refractivity contribution in [3.63, 3.8) is 0 Å². The van der Waals surface area contributed by atoms with Crippen LogP contribution in [-0.4, -0.2) is 22.8 Å². The molecule has 2 atom stereocenters. The molecule has 2 N–H and O–H groups in total. The first-order valence-electron chi connectivity index (χ1n) is 6.20. The third kappa shape index (κ3) is 2.54. The van der Waals surface area contributed by atoms with Crippen LogP contribution in [0.2, 0.25) is 5.02 Å². The van der Waals surface area contributed by atoms with Crippen molar-refractivity contribution in [2.24, 2.45) is 11.8 Å². The Labute approximate surface area is 120 Å². The van der Waals surface area contributed by atoms with E-state index >= 15 is 0 Å². The highest BCUT2D eigenvalue weighted by Gasteiger charge is 2.29. The van der Waals surface area contributed by atoms with E-state index < -0.39 is 17.8 Å². The number of aliphatic carboxylic acids is 1. The lowest BCUT2D eigenvalue weighted by Gasteiger charge is -2.16. The van der Waals surface area contributed by atoms with Crippen LogP contribution in [0, 0.1) is 11.8 Å². The van der Waals surface area contributed by atoms with E-state index in [4.69, 9.17) is 16.7 Å². The second kappa shape index (κ2) is 5.25. The Kier molecular flexibility index (Phi) is 3.81. The molecule has 0 fully saturated rings. The maximum Gasteiger partial charge on any atom is 0.306 e. The van der Waals surface area contributed by atoms with Crippen LogP contribution in [0.1, 0.15) is 29.8 Å². The zero-order valence-electron chi connectivity index (χ0n) is 11.1. The minimum Gasteiger partial charge on any atom is -0.481 e. The Bertz CT molecular complexity index is 611. The lowest BCUT2D eigenvalue weighted by Crippen LogP contribution is -2.25. The summed E-state index contributed by atoms with van der Waals surface area (Å²) in [6.45, 7) is 3.05. The molecule has 2 unspecified atom stereocenters. The van der Waals surface area contributed by atoms with Gasteiger partial charge < -0.3 is 10.4 Å². The van der Waals surface area contributed by atoms with Crippen molar-refractivity contribution < 1.29 is 19.5 Å². The molecule has 1 aromatic carbocycles. The number of rotatable bonds is 4. The van der Waals surface area contributed by atoms with Crippen LogP contribution >= 0.6 is 11.6 Å². The van der Waals surface area contributed by atoms with Crippen molar-refractivity contribution >= 4 is 34.9 Å². The van der Waals surface area contributed by atoms with E-state index in [1.54, 1.807) is 13.0 Å². The molecule has 106 valence electrons. The Balaban J connectivity index is 2.34. The molecule has 0 aromatic heterocycles. The summed E-state index contributed by atoms with van der Waals surface area (Å²) in [6.07, 6.45) is 0.204. The van der Waals surface area contributed by atoms with E-state index in [9.17, 15) is 14.4 Å². The molecule has 0 aliphatic carbocycles. The third-order valence-corrected chi connectivity index (χ3v) is 3.95. The van der Waals surface area contributed by atoms with Gasteiger partial charge in [-0.2, -0.15) is 0 Å². The van der Waals surface area contributed by atoms with E-state index in [2.05, 4.69) is 5.32 Å². The zero-order chi connectivity index (χ0) is 15.0. The number of fused-ring (bicyclic) bond motifs is 1. The first-order chi connectivity index (χ1) is 9.31. The summed E-state index contributed by atoms with van der Waals surface area (Å²) in [7, 11) is 0. The molecular formula is C14H14ClNO4. The number of carbonyl (C=O) groups excluding carboxylic acids is 2. The Morgan fingerprint density at radius 2 is 1.95 bits per heavy atom. The van der Waals surface area contributed by atoms with Crippen molar-refractivity contribution in [1.82, 2.24) is 0 Å². The highest BCUT2D eigenvalue weighted by Crippen LogP contribution is 2.32. The summed E-state index contributed by atoms with van der Waals surface area (Å²) in [4.78, 5) is 34.6. The normalized spacial score (nSPS) is 16.2. The Morgan fingerprint density at radius 1 is 1.30 bits per heavy atom. The average Bonchev–Trinajstić information content (AvgIpc) is 2.74. The molecule has 0 saturated carbocycles. The molecule has 20 heavy (non-hydrogen) atoms. The molecule has 6 heteroatoms. The monoisotopic (exact) mass is 295 g/mol. The van der Waals surface area contributed by atoms with Gasteiger partial charge in [-0.25, -0.2) is 0 Å². The number of halogens is 1. The Morgan fingerprint density at radius 3 is 2.55 bits per heavy atom. The number of hydrogen-bond acceptors (Lipinski definition) is 3. The summed E-state index contributed by atoms with van der Waals surface area (Å²) in [5.41, 5.74) is 1.58. The third-order valence-electron chi connectivity index (χ3n) is 3.64. The lowest BCUT2D eigenvalue weighted by molar-refractivity contribution is -0.142. The minimum atomic E-state index is -1.03. The molecule has 0 bridgehead atoms. The number of nitrogens with one attached hydrogen (secondary N) is 1. The molecule has 0 radical (unpaired) electrons. The van der Waals surface area contributed by atoms with E-state index in [0.717, 1.165) is 0 Å². The van der Waals surface area contributed by atoms with E-state index in [1.807, 2.05) is 0 Å². The second-order valence-corrected chi connectivity index (χ2v) is 5.40. The summed E-state index contributed by atoms with van der Waals surface area (Å²) in [6, 6.07) is 3.11. The van der Waals surface area contributed by atoms with Crippen molar-refractivity contribution in [3.05, 3.63) is 28.3 Å². The lowest BCUT2D eigenvalue weighted by atomic mass is 9.88. The number of hydrogen-bond donors (Lipinski definition) is 2. The number of carbonyl (C=O) groups is 3. The number of carboxylic acids is 1. The first kappa shape index (κ1) is 14.5. The van der Waals surface area contributed by atoms with Crippen molar-refractivity contribution in [2.75, 3.05) is 5.32 Å². The van der Waals surface area contributed by atoms with Crippen molar-refractivity contribution in [3.8, 4) is 0 Å². The summed E-state index contributed by atoms with van der Waals surface area (Å²) in [5, 5.41) is 11.8. The number of anilines is 1. The fourth-order valence-corrected chi connectivity index (χ4v) is 2.38. The van der Waals surface area contributed by atoms with Gasteiger partial charge in [0, 0.05) is 17.2 Å². The minimum absolute atomic E-state index is 0.146. The van der Waals surface area contributed by atoms with Crippen LogP contribution in [0.25, 0.3) is 0 Å². The van der Waals surface area contributed by atoms with Crippen molar-refractivity contribution in [2.45, 2.75) is 20.3 Å². The maximum atomic E-state index is 12.3. The second-order valence-electron chi connectivity index (χ2n) is 4.99. The van der Waals surface area contributed by atoms with Gasteiger partial charge in [-0.15, -0.1) is 0 Å². The number of carboxylic acid groups (broad SMARTS) is 1. The van der Waals surface area contributed by atoms with Gasteiger partial charge in [0.2, 0.25) is 5.91 Å². The van der Waals surface area contributed by atoms with Crippen LogP contribution in [0.15, 0.2) is 12.1 Å². The van der Waals surface area contributed by atoms with Gasteiger partial charge in [-0.1, -0.05) is 25.4 Å². The quantitative estimate of drug-likeness (QED) is 0.835. The molecule has 2 rings (SSSR count). The van der Waals surface area contributed by atoms with Gasteiger partial charge in [-0.3, -0.25) is 14.4 Å². The summed E-state index contributed by atoms with van der Waals surface area (Å²) >= 11 is 6.06. The number of Topliss-reactive ketones (excluding diaryl/α,β-unsaturated/α-hetero) is 1. The van der Waals surface area contributed by atoms with Crippen molar-refractivity contribution in [1.29, 1.82) is 0 Å². The molecule has 1 heterocycles. The average molecular weight is 296 g/mol. The molecule has 5 nitrogen and oxygen atoms in total. The summed E-state index contributed by atoms with van der Waals surface area (Å²) in [5.74, 6) is -2.99. The SMILES string of the molecule is CC(C(=O)O)C(C)C(=O)c1cc2c(cc1Cl)NC(=O)C2. The predicted octanol–water partition coefficient (Wildman–Crippen LogP) is 2.37. The van der Waals surface area contributed by atoms with Gasteiger partial charge in [0.25, 0.3) is 0 Å². The molecule has 1 amide bonds. The standard InChI is InChI=1S/C14H14ClNO4/c1-6(7(2)14(19)20)13(18)9-3-8-4-12(17)16-11(8)5-10(9)15/h3,5-7H,4H2,1-2H3,(H,16,17)(H,19,20). The first-order valence-corrected chi connectivity index (χ1v) is 6.58.